The van der Waals surface area contributed by atoms with Crippen molar-refractivity contribution < 1.29 is 36.9 Å². The lowest BCUT2D eigenvalue weighted by molar-refractivity contribution is -0.0884. The minimum atomic E-state index is -4.97. The summed E-state index contributed by atoms with van der Waals surface area (Å²) in [4.78, 5) is 18.8. The van der Waals surface area contributed by atoms with Crippen molar-refractivity contribution in [1.29, 1.82) is 0 Å². The highest BCUT2D eigenvalue weighted by molar-refractivity contribution is 6.12. The Morgan fingerprint density at radius 1 is 1.09 bits per heavy atom. The first kappa shape index (κ1) is 21.5. The van der Waals surface area contributed by atoms with Crippen molar-refractivity contribution in [2.75, 3.05) is 27.9 Å². The average Bonchev–Trinajstić information content (AvgIpc) is 3.43. The molecule has 1 aliphatic rings. The van der Waals surface area contributed by atoms with Gasteiger partial charge in [0.2, 0.25) is 11.6 Å². The van der Waals surface area contributed by atoms with Crippen LogP contribution in [-0.4, -0.2) is 50.7 Å². The Hall–Kier alpha value is -3.69. The molecule has 3 aromatic rings. The molecule has 0 fully saturated rings. The molecule has 0 saturated heterocycles. The maximum atomic E-state index is 12.9. The van der Waals surface area contributed by atoms with Crippen LogP contribution in [0.4, 0.5) is 13.2 Å². The monoisotopic (exact) mass is 448 g/mol. The third-order valence-electron chi connectivity index (χ3n) is 5.14. The maximum Gasteiger partial charge on any atom is 0.454 e. The number of methoxy groups -OCH3 is 3. The summed E-state index contributed by atoms with van der Waals surface area (Å²) in [6.07, 6.45) is -4.37. The molecule has 0 radical (unpaired) electrons. The van der Waals surface area contributed by atoms with Crippen molar-refractivity contribution in [1.82, 2.24) is 4.98 Å². The quantitative estimate of drug-likeness (QED) is 0.564. The fourth-order valence-electron chi connectivity index (χ4n) is 3.59. The lowest BCUT2D eigenvalue weighted by atomic mass is 10.1. The minimum Gasteiger partial charge on any atom is -0.493 e. The van der Waals surface area contributed by atoms with Crippen molar-refractivity contribution in [2.45, 2.75) is 12.3 Å². The van der Waals surface area contributed by atoms with Gasteiger partial charge in [0.15, 0.2) is 11.5 Å². The molecule has 2 aromatic carbocycles. The van der Waals surface area contributed by atoms with E-state index in [1.165, 1.54) is 27.4 Å². The molecule has 0 bridgehead atoms. The van der Waals surface area contributed by atoms with Gasteiger partial charge in [-0.1, -0.05) is 0 Å². The van der Waals surface area contributed by atoms with Crippen LogP contribution >= 0.6 is 0 Å². The number of fused-ring (bicyclic) bond motifs is 1. The molecule has 1 aliphatic heterocycles. The van der Waals surface area contributed by atoms with Crippen molar-refractivity contribution in [3.63, 3.8) is 0 Å². The normalized spacial score (nSPS) is 15.9. The first-order valence-electron chi connectivity index (χ1n) is 9.50. The van der Waals surface area contributed by atoms with Gasteiger partial charge >= 0.3 is 6.18 Å². The summed E-state index contributed by atoms with van der Waals surface area (Å²) in [7, 11) is 4.51. The average molecular weight is 448 g/mol. The molecule has 1 aromatic heterocycles. The number of benzene rings is 2. The summed E-state index contributed by atoms with van der Waals surface area (Å²) in [5, 5.41) is 0.146. The van der Waals surface area contributed by atoms with E-state index in [1.54, 1.807) is 24.3 Å². The molecular formula is C22H19F3N2O5. The highest BCUT2D eigenvalue weighted by Crippen LogP contribution is 2.41. The second kappa shape index (κ2) is 8.10. The highest BCUT2D eigenvalue weighted by atomic mass is 19.4. The van der Waals surface area contributed by atoms with E-state index in [9.17, 15) is 18.0 Å². The van der Waals surface area contributed by atoms with Gasteiger partial charge in [0.05, 0.1) is 33.4 Å². The minimum absolute atomic E-state index is 0.146. The Balaban J connectivity index is 1.63. The topological polar surface area (TPSA) is 82.1 Å². The molecule has 0 saturated carbocycles. The number of aromatic nitrogens is 1. The predicted molar refractivity (Wildman–Crippen MR) is 110 cm³/mol. The number of ether oxygens (including phenoxy) is 4. The first-order chi connectivity index (χ1) is 15.3. The second-order valence-corrected chi connectivity index (χ2v) is 7.00. The van der Waals surface area contributed by atoms with E-state index in [0.717, 1.165) is 11.8 Å². The van der Waals surface area contributed by atoms with Crippen LogP contribution in [-0.2, 0) is 4.74 Å². The van der Waals surface area contributed by atoms with E-state index in [4.69, 9.17) is 18.9 Å². The lowest BCUT2D eigenvalue weighted by Gasteiger charge is -2.17. The summed E-state index contributed by atoms with van der Waals surface area (Å²) in [5.74, 6) is -0.286. The van der Waals surface area contributed by atoms with E-state index in [2.05, 4.69) is 9.98 Å². The number of carbonyl (C=O) groups is 1. The van der Waals surface area contributed by atoms with Crippen molar-refractivity contribution in [2.24, 2.45) is 4.99 Å². The third-order valence-corrected chi connectivity index (χ3v) is 5.14. The number of rotatable bonds is 6. The van der Waals surface area contributed by atoms with Crippen LogP contribution in [0.5, 0.6) is 17.2 Å². The van der Waals surface area contributed by atoms with E-state index in [0.29, 0.717) is 28.3 Å². The Morgan fingerprint density at radius 2 is 1.78 bits per heavy atom. The van der Waals surface area contributed by atoms with E-state index in [-0.39, 0.29) is 17.8 Å². The molecule has 1 unspecified atom stereocenters. The zero-order valence-corrected chi connectivity index (χ0v) is 17.4. The third kappa shape index (κ3) is 3.72. The predicted octanol–water partition coefficient (Wildman–Crippen LogP) is 4.46. The number of nitrogens with zero attached hydrogens (tertiary/aromatic N) is 1. The molecule has 1 atom stereocenters. The van der Waals surface area contributed by atoms with E-state index >= 15 is 0 Å². The SMILES string of the molecule is COc1cc(C2CN=C(c3ccc4[nH]cc(C(=O)C(F)(F)F)c4c3)O2)cc(OC)c1OC. The van der Waals surface area contributed by atoms with Crippen molar-refractivity contribution in [3.8, 4) is 17.2 Å². The van der Waals surface area contributed by atoms with Gasteiger partial charge in [0.25, 0.3) is 5.78 Å². The standard InChI is InChI=1S/C22H19F3N2O5/c1-29-16-7-12(8-17(30-2)19(16)31-3)18-10-27-21(32-18)11-4-5-15-13(6-11)14(9-26-15)20(28)22(23,24)25/h4-9,18,26H,10H2,1-3H3. The van der Waals surface area contributed by atoms with Crippen molar-refractivity contribution >= 4 is 22.6 Å². The smallest absolute Gasteiger partial charge is 0.454 e. The molecule has 0 aliphatic carbocycles. The molecule has 10 heteroatoms. The van der Waals surface area contributed by atoms with E-state index in [1.807, 2.05) is 0 Å². The van der Waals surface area contributed by atoms with Gasteiger partial charge in [-0.2, -0.15) is 13.2 Å². The van der Waals surface area contributed by atoms with Crippen LogP contribution in [0.25, 0.3) is 10.9 Å². The number of Topliss-reactive ketones (excluding diaryl/α,β-unsaturated/α-hetero) is 1. The van der Waals surface area contributed by atoms with Crippen LogP contribution in [0.2, 0.25) is 0 Å². The van der Waals surface area contributed by atoms with Crippen LogP contribution in [0.1, 0.15) is 27.6 Å². The molecule has 4 rings (SSSR count). The second-order valence-electron chi connectivity index (χ2n) is 7.00. The van der Waals surface area contributed by atoms with Gasteiger partial charge in [0.1, 0.15) is 6.10 Å². The molecule has 7 nitrogen and oxygen atoms in total. The fourth-order valence-corrected chi connectivity index (χ4v) is 3.59. The number of hydrogen-bond donors (Lipinski definition) is 1. The van der Waals surface area contributed by atoms with Crippen molar-refractivity contribution in [3.05, 3.63) is 53.2 Å². The molecule has 0 amide bonds. The Kier molecular flexibility index (Phi) is 5.45. The van der Waals surface area contributed by atoms with Gasteiger partial charge in [-0.3, -0.25) is 4.79 Å². The Morgan fingerprint density at radius 3 is 2.38 bits per heavy atom. The van der Waals surface area contributed by atoms with Gasteiger partial charge in [-0.15, -0.1) is 0 Å². The number of carbonyl (C=O) groups excluding carboxylic acids is 1. The largest absolute Gasteiger partial charge is 0.493 e. The fraction of sp³-hybridized carbons (Fsp3) is 0.273. The van der Waals surface area contributed by atoms with Gasteiger partial charge < -0.3 is 23.9 Å². The number of ketones is 1. The van der Waals surface area contributed by atoms with Gasteiger partial charge in [0, 0.05) is 28.2 Å². The summed E-state index contributed by atoms with van der Waals surface area (Å²) < 4.78 is 60.8. The number of aromatic amines is 1. The Bertz CT molecular complexity index is 1190. The lowest BCUT2D eigenvalue weighted by Crippen LogP contribution is -2.22. The number of nitrogens with one attached hydrogen (secondary N) is 1. The number of hydrogen-bond acceptors (Lipinski definition) is 6. The molecule has 2 heterocycles. The summed E-state index contributed by atoms with van der Waals surface area (Å²) >= 11 is 0. The molecular weight excluding hydrogens is 429 g/mol. The summed E-state index contributed by atoms with van der Waals surface area (Å²) in [6.45, 7) is 0.285. The van der Waals surface area contributed by atoms with E-state index < -0.39 is 23.6 Å². The first-order valence-corrected chi connectivity index (χ1v) is 9.50. The van der Waals surface area contributed by atoms with Gasteiger partial charge in [-0.05, 0) is 30.3 Å². The van der Waals surface area contributed by atoms with Crippen LogP contribution in [0, 0.1) is 0 Å². The Labute approximate surface area is 180 Å². The summed E-state index contributed by atoms with van der Waals surface area (Å²) in [6, 6.07) is 8.20. The number of alkyl halides is 3. The van der Waals surface area contributed by atoms with Crippen LogP contribution < -0.4 is 14.2 Å². The highest BCUT2D eigenvalue weighted by Gasteiger charge is 2.40. The molecule has 32 heavy (non-hydrogen) atoms. The molecule has 0 spiro atoms. The number of H-pyrrole nitrogens is 1. The summed E-state index contributed by atoms with van der Waals surface area (Å²) in [5.41, 5.74) is 1.15. The zero-order chi connectivity index (χ0) is 23.0. The molecule has 168 valence electrons. The number of halogens is 3. The zero-order valence-electron chi connectivity index (χ0n) is 17.4. The maximum absolute atomic E-state index is 12.9. The van der Waals surface area contributed by atoms with Crippen LogP contribution in [0.3, 0.4) is 0 Å². The number of aliphatic imine (C=N–C) groups is 1. The van der Waals surface area contributed by atoms with Crippen LogP contribution in [0.15, 0.2) is 41.5 Å². The molecule has 1 N–H and O–H groups in total. The van der Waals surface area contributed by atoms with Gasteiger partial charge in [-0.25, -0.2) is 4.99 Å².